The van der Waals surface area contributed by atoms with Crippen LogP contribution in [0.15, 0.2) is 67.0 Å². The third kappa shape index (κ3) is 4.12. The molecule has 3 aromatic rings. The largest absolute Gasteiger partial charge is 0.439 e. The van der Waals surface area contributed by atoms with E-state index in [-0.39, 0.29) is 12.5 Å². The zero-order valence-corrected chi connectivity index (χ0v) is 13.9. The maximum atomic E-state index is 12.5. The molecule has 0 radical (unpaired) electrons. The first-order chi connectivity index (χ1) is 12.2. The van der Waals surface area contributed by atoms with Crippen LogP contribution in [0.3, 0.4) is 0 Å². The second-order valence-corrected chi connectivity index (χ2v) is 5.44. The van der Waals surface area contributed by atoms with Gasteiger partial charge in [-0.05, 0) is 30.3 Å². The number of halogens is 1. The van der Waals surface area contributed by atoms with Gasteiger partial charge in [0.15, 0.2) is 0 Å². The number of para-hydroxylation sites is 1. The van der Waals surface area contributed by atoms with Crippen molar-refractivity contribution < 1.29 is 9.53 Å². The number of anilines is 1. The van der Waals surface area contributed by atoms with Gasteiger partial charge in [0.1, 0.15) is 12.1 Å². The average Bonchev–Trinajstić information content (AvgIpc) is 2.68. The number of benzene rings is 2. The van der Waals surface area contributed by atoms with Crippen LogP contribution in [-0.2, 0) is 6.54 Å². The van der Waals surface area contributed by atoms with Crippen molar-refractivity contribution in [1.82, 2.24) is 9.97 Å². The van der Waals surface area contributed by atoms with Gasteiger partial charge in [-0.2, -0.15) is 0 Å². The zero-order valence-electron chi connectivity index (χ0n) is 13.2. The van der Waals surface area contributed by atoms with E-state index in [1.54, 1.807) is 42.5 Å². The van der Waals surface area contributed by atoms with Gasteiger partial charge < -0.3 is 10.5 Å². The summed E-state index contributed by atoms with van der Waals surface area (Å²) in [7, 11) is 0. The predicted molar refractivity (Wildman–Crippen MR) is 95.5 cm³/mol. The summed E-state index contributed by atoms with van der Waals surface area (Å²) in [6.45, 7) is 0.287. The highest BCUT2D eigenvalue weighted by Gasteiger charge is 2.16. The first-order valence-corrected chi connectivity index (χ1v) is 7.85. The summed E-state index contributed by atoms with van der Waals surface area (Å²) in [6, 6.07) is 17.3. The van der Waals surface area contributed by atoms with Gasteiger partial charge in [-0.25, -0.2) is 14.4 Å². The number of nitrogens with zero attached hydrogens (tertiary/aromatic N) is 3. The summed E-state index contributed by atoms with van der Waals surface area (Å²) in [4.78, 5) is 20.6. The van der Waals surface area contributed by atoms with Gasteiger partial charge in [0.25, 0.3) is 5.91 Å². The Morgan fingerprint density at radius 2 is 1.88 bits per heavy atom. The summed E-state index contributed by atoms with van der Waals surface area (Å²) in [5, 5.41) is 0. The number of amides is 1. The SMILES string of the molecule is NCc1cc(Oc2cccc(C(=O)N(Cl)c3ccccc3)c2)ncn1. The van der Waals surface area contributed by atoms with Crippen molar-refractivity contribution in [3.63, 3.8) is 0 Å². The molecule has 0 aliphatic carbocycles. The summed E-state index contributed by atoms with van der Waals surface area (Å²) in [5.74, 6) is 0.458. The van der Waals surface area contributed by atoms with E-state index in [9.17, 15) is 4.79 Å². The fourth-order valence-electron chi connectivity index (χ4n) is 2.15. The maximum Gasteiger partial charge on any atom is 0.273 e. The van der Waals surface area contributed by atoms with Crippen molar-refractivity contribution in [1.29, 1.82) is 0 Å². The van der Waals surface area contributed by atoms with Crippen LogP contribution in [0.25, 0.3) is 0 Å². The maximum absolute atomic E-state index is 12.5. The van der Waals surface area contributed by atoms with E-state index in [2.05, 4.69) is 9.97 Å². The lowest BCUT2D eigenvalue weighted by Gasteiger charge is -2.14. The number of aromatic nitrogens is 2. The molecule has 7 heteroatoms. The fraction of sp³-hybridized carbons (Fsp3) is 0.0556. The Morgan fingerprint density at radius 1 is 1.08 bits per heavy atom. The Bertz CT molecular complexity index is 874. The van der Waals surface area contributed by atoms with Gasteiger partial charge in [0, 0.05) is 30.0 Å². The van der Waals surface area contributed by atoms with Gasteiger partial charge in [-0.1, -0.05) is 24.3 Å². The monoisotopic (exact) mass is 354 g/mol. The Kier molecular flexibility index (Phi) is 5.23. The molecular weight excluding hydrogens is 340 g/mol. The summed E-state index contributed by atoms with van der Waals surface area (Å²) in [5.41, 5.74) is 7.19. The van der Waals surface area contributed by atoms with E-state index in [4.69, 9.17) is 22.2 Å². The van der Waals surface area contributed by atoms with Crippen LogP contribution in [-0.4, -0.2) is 15.9 Å². The van der Waals surface area contributed by atoms with Crippen molar-refractivity contribution in [3.8, 4) is 11.6 Å². The summed E-state index contributed by atoms with van der Waals surface area (Å²) < 4.78 is 6.74. The number of hydrogen-bond acceptors (Lipinski definition) is 5. The topological polar surface area (TPSA) is 81.3 Å². The normalized spacial score (nSPS) is 10.3. The van der Waals surface area contributed by atoms with Crippen LogP contribution in [0, 0.1) is 0 Å². The van der Waals surface area contributed by atoms with Crippen molar-refractivity contribution in [2.75, 3.05) is 4.42 Å². The van der Waals surface area contributed by atoms with E-state index in [1.807, 2.05) is 18.2 Å². The molecule has 25 heavy (non-hydrogen) atoms. The van der Waals surface area contributed by atoms with Crippen LogP contribution in [0.1, 0.15) is 16.1 Å². The molecule has 0 aliphatic rings. The van der Waals surface area contributed by atoms with E-state index in [1.165, 1.54) is 6.33 Å². The van der Waals surface area contributed by atoms with Crippen molar-refractivity contribution in [3.05, 3.63) is 78.2 Å². The highest BCUT2D eigenvalue weighted by atomic mass is 35.5. The van der Waals surface area contributed by atoms with Crippen LogP contribution in [0.4, 0.5) is 5.69 Å². The quantitative estimate of drug-likeness (QED) is 0.709. The molecule has 0 saturated carbocycles. The van der Waals surface area contributed by atoms with Crippen LogP contribution >= 0.6 is 11.8 Å². The molecule has 0 saturated heterocycles. The Balaban J connectivity index is 1.80. The second-order valence-electron chi connectivity index (χ2n) is 5.10. The highest BCUT2D eigenvalue weighted by Crippen LogP contribution is 2.24. The molecule has 1 aromatic heterocycles. The minimum Gasteiger partial charge on any atom is -0.439 e. The van der Waals surface area contributed by atoms with Crippen molar-refractivity contribution in [2.45, 2.75) is 6.54 Å². The van der Waals surface area contributed by atoms with Gasteiger partial charge in [-0.3, -0.25) is 4.79 Å². The van der Waals surface area contributed by atoms with Crippen molar-refractivity contribution >= 4 is 23.4 Å². The number of carbonyl (C=O) groups excluding carboxylic acids is 1. The van der Waals surface area contributed by atoms with Gasteiger partial charge in [0.2, 0.25) is 5.88 Å². The Labute approximate surface area is 150 Å². The molecule has 1 amide bonds. The molecular formula is C18H15ClN4O2. The molecule has 0 aliphatic heterocycles. The first-order valence-electron chi connectivity index (χ1n) is 7.51. The molecule has 0 unspecified atom stereocenters. The third-order valence-corrected chi connectivity index (χ3v) is 3.72. The number of ether oxygens (including phenoxy) is 1. The lowest BCUT2D eigenvalue weighted by atomic mass is 10.2. The van der Waals surface area contributed by atoms with Crippen LogP contribution < -0.4 is 14.9 Å². The minimum absolute atomic E-state index is 0.287. The summed E-state index contributed by atoms with van der Waals surface area (Å²) >= 11 is 6.15. The lowest BCUT2D eigenvalue weighted by molar-refractivity contribution is 0.101. The standard InChI is InChI=1S/C18H15ClN4O2/c19-23(15-6-2-1-3-7-15)18(24)13-5-4-8-16(9-13)25-17-10-14(11-20)21-12-22-17/h1-10,12H,11,20H2. The molecule has 0 fully saturated rings. The van der Waals surface area contributed by atoms with E-state index >= 15 is 0 Å². The molecule has 3 rings (SSSR count). The highest BCUT2D eigenvalue weighted by molar-refractivity contribution is 6.39. The molecule has 6 nitrogen and oxygen atoms in total. The number of carbonyl (C=O) groups is 1. The zero-order chi connectivity index (χ0) is 17.6. The van der Waals surface area contributed by atoms with Crippen LogP contribution in [0.2, 0.25) is 0 Å². The van der Waals surface area contributed by atoms with Gasteiger partial charge >= 0.3 is 0 Å². The van der Waals surface area contributed by atoms with Gasteiger partial charge in [0.05, 0.1) is 11.4 Å². The van der Waals surface area contributed by atoms with Crippen molar-refractivity contribution in [2.24, 2.45) is 5.73 Å². The van der Waals surface area contributed by atoms with E-state index in [0.717, 1.165) is 4.42 Å². The Hall–Kier alpha value is -2.96. The number of rotatable bonds is 5. The van der Waals surface area contributed by atoms with Gasteiger partial charge in [-0.15, -0.1) is 0 Å². The van der Waals surface area contributed by atoms with Crippen LogP contribution in [0.5, 0.6) is 11.6 Å². The predicted octanol–water partition coefficient (Wildman–Crippen LogP) is 3.53. The Morgan fingerprint density at radius 3 is 2.64 bits per heavy atom. The smallest absolute Gasteiger partial charge is 0.273 e. The number of hydrogen-bond donors (Lipinski definition) is 1. The third-order valence-electron chi connectivity index (χ3n) is 3.37. The molecule has 0 atom stereocenters. The lowest BCUT2D eigenvalue weighted by Crippen LogP contribution is -2.20. The molecule has 0 bridgehead atoms. The molecule has 2 N–H and O–H groups in total. The second kappa shape index (κ2) is 7.74. The number of nitrogens with two attached hydrogens (primary N) is 1. The fourth-order valence-corrected chi connectivity index (χ4v) is 2.36. The summed E-state index contributed by atoms with van der Waals surface area (Å²) in [6.07, 6.45) is 1.38. The average molecular weight is 355 g/mol. The molecule has 0 spiro atoms. The van der Waals surface area contributed by atoms with E-state index < -0.39 is 0 Å². The molecule has 126 valence electrons. The van der Waals surface area contributed by atoms with E-state index in [0.29, 0.717) is 28.6 Å². The molecule has 1 heterocycles. The first kappa shape index (κ1) is 16.9. The minimum atomic E-state index is -0.358. The molecule has 2 aromatic carbocycles.